The molecule has 3 aromatic rings. The highest BCUT2D eigenvalue weighted by Crippen LogP contribution is 2.28. The summed E-state index contributed by atoms with van der Waals surface area (Å²) in [5, 5.41) is 0.550. The van der Waals surface area contributed by atoms with Crippen LogP contribution in [0.2, 0.25) is 0 Å². The summed E-state index contributed by atoms with van der Waals surface area (Å²) in [4.78, 5) is 25.9. The number of sulfonamides is 1. The van der Waals surface area contributed by atoms with Crippen LogP contribution in [0.25, 0.3) is 10.9 Å². The van der Waals surface area contributed by atoms with E-state index in [1.54, 1.807) is 55.5 Å². The lowest BCUT2D eigenvalue weighted by Gasteiger charge is -2.30. The summed E-state index contributed by atoms with van der Waals surface area (Å²) < 4.78 is 38.2. The number of benzene rings is 2. The van der Waals surface area contributed by atoms with Crippen molar-refractivity contribution in [3.63, 3.8) is 0 Å². The Labute approximate surface area is 187 Å². The Hall–Kier alpha value is -3.33. The van der Waals surface area contributed by atoms with Gasteiger partial charge >= 0.3 is 5.97 Å². The van der Waals surface area contributed by atoms with E-state index in [1.807, 2.05) is 6.92 Å². The molecule has 0 fully saturated rings. The molecule has 1 heterocycles. The van der Waals surface area contributed by atoms with Crippen molar-refractivity contribution in [2.24, 2.45) is 0 Å². The van der Waals surface area contributed by atoms with E-state index in [4.69, 9.17) is 9.47 Å². The third-order valence-electron chi connectivity index (χ3n) is 5.07. The van der Waals surface area contributed by atoms with Crippen LogP contribution in [-0.4, -0.2) is 50.9 Å². The van der Waals surface area contributed by atoms with Crippen LogP contribution < -0.4 is 9.04 Å². The minimum atomic E-state index is -3.81. The van der Waals surface area contributed by atoms with Crippen molar-refractivity contribution in [1.29, 1.82) is 0 Å². The molecule has 0 spiro atoms. The molecule has 9 heteroatoms. The van der Waals surface area contributed by atoms with Gasteiger partial charge in [-0.2, -0.15) is 0 Å². The van der Waals surface area contributed by atoms with Gasteiger partial charge in [0.1, 0.15) is 11.8 Å². The molecule has 0 aliphatic carbocycles. The molecule has 0 saturated carbocycles. The number of carbonyl (C=O) groups is 2. The van der Waals surface area contributed by atoms with E-state index < -0.39 is 27.9 Å². The first-order chi connectivity index (χ1) is 15.2. The Balaban J connectivity index is 2.11. The normalized spacial score (nSPS) is 12.4. The molecule has 0 N–H and O–H groups in total. The third kappa shape index (κ3) is 4.47. The molecule has 0 unspecified atom stereocenters. The number of anilines is 1. The molecule has 170 valence electrons. The third-order valence-corrected chi connectivity index (χ3v) is 6.25. The smallest absolute Gasteiger partial charge is 0.340 e. The highest BCUT2D eigenvalue weighted by atomic mass is 32.2. The molecule has 0 amide bonds. The minimum Gasteiger partial charge on any atom is -0.494 e. The van der Waals surface area contributed by atoms with Gasteiger partial charge < -0.3 is 9.47 Å². The van der Waals surface area contributed by atoms with E-state index in [9.17, 15) is 18.0 Å². The summed E-state index contributed by atoms with van der Waals surface area (Å²) >= 11 is 0. The molecule has 8 nitrogen and oxygen atoms in total. The lowest BCUT2D eigenvalue weighted by molar-refractivity contribution is 0.0603. The number of hydrogen-bond donors (Lipinski definition) is 0. The first kappa shape index (κ1) is 23.3. The van der Waals surface area contributed by atoms with Crippen LogP contribution >= 0.6 is 0 Å². The first-order valence-electron chi connectivity index (χ1n) is 10.2. The van der Waals surface area contributed by atoms with Crippen molar-refractivity contribution in [2.45, 2.75) is 26.3 Å². The molecule has 32 heavy (non-hydrogen) atoms. The fourth-order valence-electron chi connectivity index (χ4n) is 3.69. The van der Waals surface area contributed by atoms with Crippen molar-refractivity contribution in [2.75, 3.05) is 24.3 Å². The highest BCUT2D eigenvalue weighted by Gasteiger charge is 2.33. The second-order valence-corrected chi connectivity index (χ2v) is 9.03. The number of methoxy groups -OCH3 is 1. The SMILES string of the molecule is CCOc1ccc(N([C@@H](CC)C(=O)n2cc(C(=O)OC)c3ccccc32)S(C)(=O)=O)cc1. The van der Waals surface area contributed by atoms with E-state index in [0.29, 0.717) is 28.9 Å². The number of nitrogens with zero attached hydrogens (tertiary/aromatic N) is 2. The van der Waals surface area contributed by atoms with Crippen LogP contribution in [0.3, 0.4) is 0 Å². The summed E-state index contributed by atoms with van der Waals surface area (Å²) in [6, 6.07) is 12.4. The van der Waals surface area contributed by atoms with Gasteiger partial charge in [-0.3, -0.25) is 13.7 Å². The van der Waals surface area contributed by atoms with Gasteiger partial charge in [0.05, 0.1) is 36.7 Å². The number of fused-ring (bicyclic) bond motifs is 1. The fraction of sp³-hybridized carbons (Fsp3) is 0.304. The standard InChI is InChI=1S/C23H26N2O6S/c1-5-20(25(32(4,28)29)16-11-13-17(14-12-16)31-6-2)22(26)24-15-19(23(27)30-3)18-9-7-8-10-21(18)24/h7-15,20H,5-6H2,1-4H3/t20-/m0/s1. The molecule has 1 atom stereocenters. The summed E-state index contributed by atoms with van der Waals surface area (Å²) in [5.41, 5.74) is 1.08. The van der Waals surface area contributed by atoms with Crippen molar-refractivity contribution < 1.29 is 27.5 Å². The Morgan fingerprint density at radius 3 is 2.28 bits per heavy atom. The van der Waals surface area contributed by atoms with Gasteiger partial charge in [-0.15, -0.1) is 0 Å². The number of ether oxygens (including phenoxy) is 2. The van der Waals surface area contributed by atoms with Gasteiger partial charge in [0, 0.05) is 11.6 Å². The van der Waals surface area contributed by atoms with E-state index in [-0.39, 0.29) is 12.0 Å². The van der Waals surface area contributed by atoms with Gasteiger partial charge in [0.15, 0.2) is 0 Å². The molecule has 2 aromatic carbocycles. The van der Waals surface area contributed by atoms with Gasteiger partial charge in [-0.1, -0.05) is 25.1 Å². The summed E-state index contributed by atoms with van der Waals surface area (Å²) in [6.07, 6.45) is 2.69. The molecule has 0 bridgehead atoms. The molecular weight excluding hydrogens is 432 g/mol. The predicted molar refractivity (Wildman–Crippen MR) is 123 cm³/mol. The number of hydrogen-bond acceptors (Lipinski definition) is 6. The molecule has 1 aromatic heterocycles. The molecule has 0 aliphatic heterocycles. The molecule has 0 aliphatic rings. The van der Waals surface area contributed by atoms with Crippen molar-refractivity contribution >= 4 is 38.5 Å². The van der Waals surface area contributed by atoms with Crippen LogP contribution in [0, 0.1) is 0 Å². The van der Waals surface area contributed by atoms with E-state index in [0.717, 1.165) is 10.6 Å². The second kappa shape index (κ2) is 9.44. The number of esters is 1. The average molecular weight is 459 g/mol. The lowest BCUT2D eigenvalue weighted by atomic mass is 10.1. The summed E-state index contributed by atoms with van der Waals surface area (Å²) in [7, 11) is -2.54. The van der Waals surface area contributed by atoms with Crippen LogP contribution in [0.15, 0.2) is 54.7 Å². The average Bonchev–Trinajstić information content (AvgIpc) is 3.16. The minimum absolute atomic E-state index is 0.221. The maximum Gasteiger partial charge on any atom is 0.340 e. The zero-order valence-electron chi connectivity index (χ0n) is 18.4. The zero-order valence-corrected chi connectivity index (χ0v) is 19.3. The largest absolute Gasteiger partial charge is 0.494 e. The number of carbonyl (C=O) groups excluding carboxylic acids is 2. The van der Waals surface area contributed by atoms with Crippen LogP contribution in [0.1, 0.15) is 35.4 Å². The number of aromatic nitrogens is 1. The van der Waals surface area contributed by atoms with Crippen molar-refractivity contribution in [3.8, 4) is 5.75 Å². The molecule has 0 saturated heterocycles. The van der Waals surface area contributed by atoms with Gasteiger partial charge in [0.2, 0.25) is 10.0 Å². The van der Waals surface area contributed by atoms with Gasteiger partial charge in [-0.25, -0.2) is 13.2 Å². The highest BCUT2D eigenvalue weighted by molar-refractivity contribution is 7.92. The topological polar surface area (TPSA) is 94.9 Å². The Kier molecular flexibility index (Phi) is 6.88. The van der Waals surface area contributed by atoms with Gasteiger partial charge in [0.25, 0.3) is 5.91 Å². The van der Waals surface area contributed by atoms with E-state index in [2.05, 4.69) is 0 Å². The monoisotopic (exact) mass is 458 g/mol. The Bertz CT molecular complexity index is 1230. The van der Waals surface area contributed by atoms with Gasteiger partial charge in [-0.05, 0) is 43.7 Å². The zero-order chi connectivity index (χ0) is 23.5. The van der Waals surface area contributed by atoms with Crippen LogP contribution in [0.4, 0.5) is 5.69 Å². The molecule has 0 radical (unpaired) electrons. The lowest BCUT2D eigenvalue weighted by Crippen LogP contribution is -2.46. The fourth-order valence-corrected chi connectivity index (χ4v) is 4.90. The van der Waals surface area contributed by atoms with Crippen molar-refractivity contribution in [3.05, 3.63) is 60.3 Å². The second-order valence-electron chi connectivity index (χ2n) is 7.17. The number of para-hydroxylation sites is 1. The van der Waals surface area contributed by atoms with E-state index in [1.165, 1.54) is 17.9 Å². The summed E-state index contributed by atoms with van der Waals surface area (Å²) in [5.74, 6) is -0.450. The quantitative estimate of drug-likeness (QED) is 0.478. The van der Waals surface area contributed by atoms with Crippen LogP contribution in [0.5, 0.6) is 5.75 Å². The summed E-state index contributed by atoms with van der Waals surface area (Å²) in [6.45, 7) is 4.07. The predicted octanol–water partition coefficient (Wildman–Crippen LogP) is 3.71. The van der Waals surface area contributed by atoms with Crippen LogP contribution in [-0.2, 0) is 14.8 Å². The van der Waals surface area contributed by atoms with Crippen molar-refractivity contribution in [1.82, 2.24) is 4.57 Å². The first-order valence-corrected chi connectivity index (χ1v) is 12.0. The molecular formula is C23H26N2O6S. The number of rotatable bonds is 8. The Morgan fingerprint density at radius 2 is 1.72 bits per heavy atom. The molecule has 3 rings (SSSR count). The van der Waals surface area contributed by atoms with E-state index >= 15 is 0 Å². The Morgan fingerprint density at radius 1 is 1.06 bits per heavy atom. The maximum atomic E-state index is 13.6. The maximum absolute atomic E-state index is 13.6.